The number of hydrogen-bond donors (Lipinski definition) is 0. The number of methoxy groups -OCH3 is 1. The minimum atomic E-state index is -0.0676. The molecular weight excluding hydrogens is 322 g/mol. The number of piperidine rings is 1. The topological polar surface area (TPSA) is 64.1 Å². The van der Waals surface area contributed by atoms with Crippen molar-refractivity contribution < 1.29 is 19.1 Å². The van der Waals surface area contributed by atoms with Crippen molar-refractivity contribution in [3.63, 3.8) is 0 Å². The number of ether oxygens (including phenoxy) is 2. The van der Waals surface area contributed by atoms with Crippen LogP contribution in [-0.4, -0.2) is 66.9 Å². The number of aromatic nitrogens is 1. The molecule has 0 N–H and O–H groups in total. The molecule has 4 rings (SSSR count). The van der Waals surface area contributed by atoms with Gasteiger partial charge in [-0.2, -0.15) is 0 Å². The Morgan fingerprint density at radius 3 is 3.12 bits per heavy atom. The number of rotatable bonds is 4. The van der Waals surface area contributed by atoms with Crippen LogP contribution in [0.2, 0.25) is 0 Å². The van der Waals surface area contributed by atoms with E-state index in [2.05, 4.69) is 9.88 Å². The second-order valence-electron chi connectivity index (χ2n) is 6.96. The number of fused-ring (bicyclic) bond motifs is 1. The van der Waals surface area contributed by atoms with Gasteiger partial charge in [0.2, 0.25) is 5.88 Å². The Kier molecular flexibility index (Phi) is 4.87. The van der Waals surface area contributed by atoms with Crippen molar-refractivity contribution in [2.24, 2.45) is 11.8 Å². The van der Waals surface area contributed by atoms with Crippen molar-refractivity contribution in [1.29, 1.82) is 0 Å². The van der Waals surface area contributed by atoms with E-state index in [0.717, 1.165) is 38.1 Å². The van der Waals surface area contributed by atoms with E-state index in [1.807, 2.05) is 12.1 Å². The first-order valence-electron chi connectivity index (χ1n) is 9.02. The standard InChI is InChI=1S/C18H25N3O4/c1-23-17-13(4-2-6-19-17)10-20-11-15(14-5-9-24-16(14)12-20)18(22)21-7-3-8-25-21/h2,4,6,14-16H,3,5,7-12H2,1H3/t14-,15-,16+/m0/s1. The third-order valence-corrected chi connectivity index (χ3v) is 5.42. The molecule has 3 aliphatic rings. The van der Waals surface area contributed by atoms with Crippen molar-refractivity contribution in [3.05, 3.63) is 23.9 Å². The Morgan fingerprint density at radius 1 is 1.40 bits per heavy atom. The SMILES string of the molecule is COc1ncccc1CN1C[C@H](C(=O)N2CCCO2)[C@@H]2CCO[C@@H]2C1. The van der Waals surface area contributed by atoms with Crippen LogP contribution < -0.4 is 4.74 Å². The lowest BCUT2D eigenvalue weighted by Gasteiger charge is -2.40. The van der Waals surface area contributed by atoms with Crippen LogP contribution >= 0.6 is 0 Å². The summed E-state index contributed by atoms with van der Waals surface area (Å²) in [5.41, 5.74) is 1.03. The maximum Gasteiger partial charge on any atom is 0.250 e. The fraction of sp³-hybridized carbons (Fsp3) is 0.667. The van der Waals surface area contributed by atoms with E-state index in [-0.39, 0.29) is 17.9 Å². The molecule has 0 aliphatic carbocycles. The minimum absolute atomic E-state index is 0.0676. The number of carbonyl (C=O) groups excluding carboxylic acids is 1. The molecule has 0 unspecified atom stereocenters. The van der Waals surface area contributed by atoms with Crippen LogP contribution in [0.5, 0.6) is 5.88 Å². The number of likely N-dealkylation sites (tertiary alicyclic amines) is 1. The first-order chi connectivity index (χ1) is 12.3. The first-order valence-corrected chi connectivity index (χ1v) is 9.02. The molecule has 7 nitrogen and oxygen atoms in total. The van der Waals surface area contributed by atoms with E-state index in [9.17, 15) is 4.79 Å². The average molecular weight is 347 g/mol. The van der Waals surface area contributed by atoms with E-state index in [1.54, 1.807) is 18.4 Å². The van der Waals surface area contributed by atoms with Crippen molar-refractivity contribution in [2.75, 3.05) is 40.0 Å². The minimum Gasteiger partial charge on any atom is -0.481 e. The summed E-state index contributed by atoms with van der Waals surface area (Å²) in [7, 11) is 1.63. The molecule has 1 aromatic heterocycles. The maximum absolute atomic E-state index is 12.9. The predicted molar refractivity (Wildman–Crippen MR) is 89.7 cm³/mol. The maximum atomic E-state index is 12.9. The molecule has 0 spiro atoms. The number of carbonyl (C=O) groups is 1. The summed E-state index contributed by atoms with van der Waals surface area (Å²) >= 11 is 0. The number of amides is 1. The molecule has 136 valence electrons. The fourth-order valence-corrected chi connectivity index (χ4v) is 4.22. The Hall–Kier alpha value is -1.70. The first kappa shape index (κ1) is 16.8. The molecule has 25 heavy (non-hydrogen) atoms. The van der Waals surface area contributed by atoms with E-state index >= 15 is 0 Å². The Morgan fingerprint density at radius 2 is 2.32 bits per heavy atom. The van der Waals surface area contributed by atoms with Crippen LogP contribution in [0, 0.1) is 11.8 Å². The molecule has 7 heteroatoms. The van der Waals surface area contributed by atoms with E-state index < -0.39 is 0 Å². The summed E-state index contributed by atoms with van der Waals surface area (Å²) in [6.07, 6.45) is 3.72. The number of hydrogen-bond acceptors (Lipinski definition) is 6. The van der Waals surface area contributed by atoms with Crippen molar-refractivity contribution in [3.8, 4) is 5.88 Å². The molecular formula is C18H25N3O4. The summed E-state index contributed by atoms with van der Waals surface area (Å²) in [6, 6.07) is 3.94. The fourth-order valence-electron chi connectivity index (χ4n) is 4.22. The van der Waals surface area contributed by atoms with Crippen LogP contribution in [0.15, 0.2) is 18.3 Å². The average Bonchev–Trinajstić information content (AvgIpc) is 3.32. The smallest absolute Gasteiger partial charge is 0.250 e. The summed E-state index contributed by atoms with van der Waals surface area (Å²) in [6.45, 7) is 4.34. The summed E-state index contributed by atoms with van der Waals surface area (Å²) in [5, 5.41) is 1.56. The van der Waals surface area contributed by atoms with Gasteiger partial charge in [0.15, 0.2) is 0 Å². The normalized spacial score (nSPS) is 29.6. The predicted octanol–water partition coefficient (Wildman–Crippen LogP) is 1.09. The van der Waals surface area contributed by atoms with Gasteiger partial charge in [0.1, 0.15) is 0 Å². The quantitative estimate of drug-likeness (QED) is 0.812. The Balaban J connectivity index is 1.50. The second kappa shape index (κ2) is 7.27. The Labute approximate surface area is 147 Å². The van der Waals surface area contributed by atoms with Crippen molar-refractivity contribution in [2.45, 2.75) is 25.5 Å². The molecule has 3 saturated heterocycles. The van der Waals surface area contributed by atoms with E-state index in [1.165, 1.54) is 0 Å². The molecule has 0 saturated carbocycles. The molecule has 3 fully saturated rings. The van der Waals surface area contributed by atoms with Gasteiger partial charge in [-0.25, -0.2) is 10.0 Å². The summed E-state index contributed by atoms with van der Waals surface area (Å²) in [5.74, 6) is 0.981. The largest absolute Gasteiger partial charge is 0.481 e. The van der Waals surface area contributed by atoms with Crippen LogP contribution in [-0.2, 0) is 20.9 Å². The molecule has 3 aliphatic heterocycles. The van der Waals surface area contributed by atoms with Gasteiger partial charge in [-0.05, 0) is 18.9 Å². The lowest BCUT2D eigenvalue weighted by atomic mass is 9.82. The van der Waals surface area contributed by atoms with Gasteiger partial charge in [0.05, 0.1) is 32.3 Å². The van der Waals surface area contributed by atoms with Gasteiger partial charge < -0.3 is 9.47 Å². The highest BCUT2D eigenvalue weighted by Crippen LogP contribution is 2.36. The van der Waals surface area contributed by atoms with Gasteiger partial charge in [-0.1, -0.05) is 6.07 Å². The van der Waals surface area contributed by atoms with Gasteiger partial charge in [-0.15, -0.1) is 0 Å². The zero-order valence-corrected chi connectivity index (χ0v) is 14.6. The van der Waals surface area contributed by atoms with Gasteiger partial charge in [-0.3, -0.25) is 14.5 Å². The second-order valence-corrected chi connectivity index (χ2v) is 6.96. The molecule has 0 radical (unpaired) electrons. The highest BCUT2D eigenvalue weighted by molar-refractivity contribution is 5.79. The highest BCUT2D eigenvalue weighted by Gasteiger charge is 2.45. The zero-order chi connectivity index (χ0) is 17.2. The molecule has 1 aromatic rings. The van der Waals surface area contributed by atoms with Crippen molar-refractivity contribution >= 4 is 5.91 Å². The van der Waals surface area contributed by atoms with Gasteiger partial charge in [0.25, 0.3) is 5.91 Å². The van der Waals surface area contributed by atoms with Crippen LogP contribution in [0.4, 0.5) is 0 Å². The molecule has 0 aromatic carbocycles. The molecule has 1 amide bonds. The lowest BCUT2D eigenvalue weighted by molar-refractivity contribution is -0.179. The van der Waals surface area contributed by atoms with Gasteiger partial charge >= 0.3 is 0 Å². The Bertz CT molecular complexity index is 620. The highest BCUT2D eigenvalue weighted by atomic mass is 16.7. The number of pyridine rings is 1. The molecule has 3 atom stereocenters. The van der Waals surface area contributed by atoms with E-state index in [4.69, 9.17) is 14.3 Å². The van der Waals surface area contributed by atoms with Crippen LogP contribution in [0.1, 0.15) is 18.4 Å². The summed E-state index contributed by atoms with van der Waals surface area (Å²) < 4.78 is 11.3. The van der Waals surface area contributed by atoms with Crippen LogP contribution in [0.25, 0.3) is 0 Å². The van der Waals surface area contributed by atoms with Crippen LogP contribution in [0.3, 0.4) is 0 Å². The molecule has 4 heterocycles. The number of hydroxylamine groups is 2. The summed E-state index contributed by atoms with van der Waals surface area (Å²) in [4.78, 5) is 25.0. The third-order valence-electron chi connectivity index (χ3n) is 5.42. The zero-order valence-electron chi connectivity index (χ0n) is 14.6. The van der Waals surface area contributed by atoms with Gasteiger partial charge in [0, 0.05) is 43.9 Å². The number of nitrogens with zero attached hydrogens (tertiary/aromatic N) is 3. The third kappa shape index (κ3) is 3.36. The lowest BCUT2D eigenvalue weighted by Crippen LogP contribution is -2.52. The van der Waals surface area contributed by atoms with E-state index in [0.29, 0.717) is 31.5 Å². The monoisotopic (exact) mass is 347 g/mol. The van der Waals surface area contributed by atoms with Crippen molar-refractivity contribution in [1.82, 2.24) is 14.9 Å². The molecule has 0 bridgehead atoms.